The number of hydrogen-bond acceptors (Lipinski definition) is 5. The first-order valence-electron chi connectivity index (χ1n) is 10.7. The van der Waals surface area contributed by atoms with E-state index in [4.69, 9.17) is 9.47 Å². The number of carbonyl (C=O) groups is 1. The maximum Gasteiger partial charge on any atom is 0.312 e. The Morgan fingerprint density at radius 2 is 1.83 bits per heavy atom. The quantitative estimate of drug-likeness (QED) is 0.568. The molecule has 6 nitrogen and oxygen atoms in total. The number of piperidine rings is 1. The monoisotopic (exact) mass is 407 g/mol. The van der Waals surface area contributed by atoms with Crippen molar-refractivity contribution in [2.75, 3.05) is 26.3 Å². The van der Waals surface area contributed by atoms with Crippen molar-refractivity contribution in [3.63, 3.8) is 0 Å². The van der Waals surface area contributed by atoms with Gasteiger partial charge in [-0.05, 0) is 63.5 Å². The second kappa shape index (κ2) is 9.30. The molecule has 0 saturated carbocycles. The zero-order valence-corrected chi connectivity index (χ0v) is 17.5. The second-order valence-corrected chi connectivity index (χ2v) is 7.89. The van der Waals surface area contributed by atoms with Gasteiger partial charge in [-0.25, -0.2) is 4.98 Å². The molecule has 1 N–H and O–H groups in total. The van der Waals surface area contributed by atoms with Crippen molar-refractivity contribution in [2.45, 2.75) is 32.7 Å². The molecular formula is C24H29N3O3. The lowest BCUT2D eigenvalue weighted by Crippen LogP contribution is -2.45. The van der Waals surface area contributed by atoms with Crippen LogP contribution in [0.3, 0.4) is 0 Å². The number of rotatable bonds is 8. The zero-order valence-electron chi connectivity index (χ0n) is 17.5. The lowest BCUT2D eigenvalue weighted by molar-refractivity contribution is -0.159. The van der Waals surface area contributed by atoms with Gasteiger partial charge in [0.25, 0.3) is 0 Å². The van der Waals surface area contributed by atoms with Crippen molar-refractivity contribution in [3.8, 4) is 5.75 Å². The van der Waals surface area contributed by atoms with E-state index in [1.54, 1.807) is 0 Å². The lowest BCUT2D eigenvalue weighted by atomic mass is 9.75. The summed E-state index contributed by atoms with van der Waals surface area (Å²) in [6, 6.07) is 17.8. The van der Waals surface area contributed by atoms with Crippen LogP contribution in [0.5, 0.6) is 5.75 Å². The summed E-state index contributed by atoms with van der Waals surface area (Å²) in [7, 11) is 0. The Hall–Kier alpha value is -2.86. The molecule has 3 aromatic rings. The molecule has 0 aliphatic carbocycles. The van der Waals surface area contributed by atoms with Gasteiger partial charge < -0.3 is 14.5 Å². The zero-order chi connectivity index (χ0) is 20.8. The summed E-state index contributed by atoms with van der Waals surface area (Å²) in [4.78, 5) is 23.3. The summed E-state index contributed by atoms with van der Waals surface area (Å²) in [5.74, 6) is 1.70. The maximum atomic E-state index is 12.8. The van der Waals surface area contributed by atoms with Gasteiger partial charge in [0.15, 0.2) is 0 Å². The van der Waals surface area contributed by atoms with Gasteiger partial charge in [0, 0.05) is 0 Å². The van der Waals surface area contributed by atoms with Gasteiger partial charge in [0.05, 0.1) is 36.2 Å². The molecule has 0 radical (unpaired) electrons. The number of likely N-dealkylation sites (tertiary alicyclic amines) is 1. The Labute approximate surface area is 177 Å². The van der Waals surface area contributed by atoms with E-state index < -0.39 is 5.41 Å². The third kappa shape index (κ3) is 4.65. The van der Waals surface area contributed by atoms with Gasteiger partial charge in [-0.15, -0.1) is 0 Å². The number of nitrogens with zero attached hydrogens (tertiary/aromatic N) is 2. The first kappa shape index (κ1) is 20.4. The van der Waals surface area contributed by atoms with Gasteiger partial charge in [-0.3, -0.25) is 9.69 Å². The predicted molar refractivity (Wildman–Crippen MR) is 116 cm³/mol. The molecule has 1 aliphatic rings. The number of para-hydroxylation sites is 3. The molecule has 1 aliphatic heterocycles. The van der Waals surface area contributed by atoms with Crippen LogP contribution in [-0.4, -0.2) is 47.1 Å². The minimum Gasteiger partial charge on any atom is -0.494 e. The van der Waals surface area contributed by atoms with E-state index >= 15 is 0 Å². The first-order valence-corrected chi connectivity index (χ1v) is 10.7. The normalized spacial score (nSPS) is 16.4. The second-order valence-electron chi connectivity index (χ2n) is 7.89. The summed E-state index contributed by atoms with van der Waals surface area (Å²) in [6.07, 6.45) is 2.20. The number of fused-ring (bicyclic) bond motifs is 1. The van der Waals surface area contributed by atoms with Crippen LogP contribution in [0.2, 0.25) is 0 Å². The van der Waals surface area contributed by atoms with E-state index in [9.17, 15) is 4.79 Å². The fraction of sp³-hybridized carbons (Fsp3) is 0.417. The largest absolute Gasteiger partial charge is 0.494 e. The van der Waals surface area contributed by atoms with Crippen LogP contribution in [0.15, 0.2) is 54.6 Å². The number of H-pyrrole nitrogens is 1. The van der Waals surface area contributed by atoms with Crippen molar-refractivity contribution < 1.29 is 14.3 Å². The lowest BCUT2D eigenvalue weighted by Gasteiger charge is -2.39. The van der Waals surface area contributed by atoms with E-state index in [-0.39, 0.29) is 5.97 Å². The number of carbonyl (C=O) groups excluding carboxylic acids is 1. The SMILES string of the molecule is CCOC(=O)C1(CCOc2ccccc2)CCN(Cc2nc3ccccc3[nH]2)CC1. The van der Waals surface area contributed by atoms with Crippen LogP contribution in [0.4, 0.5) is 0 Å². The fourth-order valence-corrected chi connectivity index (χ4v) is 4.15. The molecule has 2 aromatic carbocycles. The molecule has 1 aromatic heterocycles. The van der Waals surface area contributed by atoms with Crippen LogP contribution in [-0.2, 0) is 16.1 Å². The number of imidazole rings is 1. The van der Waals surface area contributed by atoms with Crippen LogP contribution in [0.1, 0.15) is 32.0 Å². The van der Waals surface area contributed by atoms with Gasteiger partial charge in [-0.1, -0.05) is 30.3 Å². The highest BCUT2D eigenvalue weighted by Crippen LogP contribution is 2.37. The van der Waals surface area contributed by atoms with E-state index in [1.165, 1.54) is 0 Å². The smallest absolute Gasteiger partial charge is 0.312 e. The highest BCUT2D eigenvalue weighted by Gasteiger charge is 2.42. The minimum absolute atomic E-state index is 0.0925. The van der Waals surface area contributed by atoms with E-state index in [1.807, 2.05) is 61.5 Å². The number of esters is 1. The van der Waals surface area contributed by atoms with Crippen LogP contribution in [0.25, 0.3) is 11.0 Å². The van der Waals surface area contributed by atoms with Gasteiger partial charge in [0.1, 0.15) is 11.6 Å². The van der Waals surface area contributed by atoms with Crippen LogP contribution in [0, 0.1) is 5.41 Å². The van der Waals surface area contributed by atoms with Gasteiger partial charge >= 0.3 is 5.97 Å². The molecule has 4 rings (SSSR count). The molecule has 0 atom stereocenters. The Morgan fingerprint density at radius 3 is 2.57 bits per heavy atom. The highest BCUT2D eigenvalue weighted by atomic mass is 16.5. The summed E-state index contributed by atoms with van der Waals surface area (Å²) in [5, 5.41) is 0. The van der Waals surface area contributed by atoms with Crippen molar-refractivity contribution in [1.82, 2.24) is 14.9 Å². The molecule has 0 amide bonds. The predicted octanol–water partition coefficient (Wildman–Crippen LogP) is 4.18. The Balaban J connectivity index is 1.37. The average Bonchev–Trinajstić information content (AvgIpc) is 3.18. The molecule has 0 unspecified atom stereocenters. The third-order valence-electron chi connectivity index (χ3n) is 5.93. The molecule has 0 spiro atoms. The highest BCUT2D eigenvalue weighted by molar-refractivity contribution is 5.77. The first-order chi connectivity index (χ1) is 14.7. The molecule has 158 valence electrons. The number of aromatic nitrogens is 2. The Morgan fingerprint density at radius 1 is 1.10 bits per heavy atom. The number of benzene rings is 2. The topological polar surface area (TPSA) is 67.5 Å². The third-order valence-corrected chi connectivity index (χ3v) is 5.93. The van der Waals surface area contributed by atoms with Crippen molar-refractivity contribution in [1.29, 1.82) is 0 Å². The number of hydrogen-bond donors (Lipinski definition) is 1. The standard InChI is InChI=1S/C24H29N3O3/c1-2-29-23(28)24(14-17-30-19-8-4-3-5-9-19)12-15-27(16-13-24)18-22-25-20-10-6-7-11-21(20)26-22/h3-11H,2,12-18H2,1H3,(H,25,26). The van der Waals surface area contributed by atoms with E-state index in [0.717, 1.165) is 55.1 Å². The molecular weight excluding hydrogens is 378 g/mol. The minimum atomic E-state index is -0.477. The summed E-state index contributed by atoms with van der Waals surface area (Å²) in [6.45, 7) is 5.20. The van der Waals surface area contributed by atoms with Gasteiger partial charge in [0.2, 0.25) is 0 Å². The van der Waals surface area contributed by atoms with Crippen LogP contribution < -0.4 is 4.74 Å². The molecule has 30 heavy (non-hydrogen) atoms. The number of aromatic amines is 1. The Kier molecular flexibility index (Phi) is 6.33. The summed E-state index contributed by atoms with van der Waals surface area (Å²) >= 11 is 0. The molecule has 0 bridgehead atoms. The molecule has 1 fully saturated rings. The molecule has 2 heterocycles. The van der Waals surface area contributed by atoms with Gasteiger partial charge in [-0.2, -0.15) is 0 Å². The summed E-state index contributed by atoms with van der Waals surface area (Å²) in [5.41, 5.74) is 1.57. The molecule has 1 saturated heterocycles. The Bertz CT molecular complexity index is 929. The van der Waals surface area contributed by atoms with Crippen molar-refractivity contribution in [2.24, 2.45) is 5.41 Å². The van der Waals surface area contributed by atoms with Crippen LogP contribution >= 0.6 is 0 Å². The summed E-state index contributed by atoms with van der Waals surface area (Å²) < 4.78 is 11.3. The number of ether oxygens (including phenoxy) is 2. The molecule has 6 heteroatoms. The number of nitrogens with one attached hydrogen (secondary N) is 1. The van der Waals surface area contributed by atoms with E-state index in [2.05, 4.69) is 14.9 Å². The van der Waals surface area contributed by atoms with Crippen molar-refractivity contribution in [3.05, 3.63) is 60.4 Å². The average molecular weight is 408 g/mol. The fourth-order valence-electron chi connectivity index (χ4n) is 4.15. The maximum absolute atomic E-state index is 12.8. The van der Waals surface area contributed by atoms with Crippen molar-refractivity contribution >= 4 is 17.0 Å². The van der Waals surface area contributed by atoms with E-state index in [0.29, 0.717) is 19.6 Å².